The number of hydrogen-bond acceptors (Lipinski definition) is 5. The van der Waals surface area contributed by atoms with Crippen LogP contribution in [-0.4, -0.2) is 22.6 Å². The lowest BCUT2D eigenvalue weighted by molar-refractivity contribution is 0.0922. The smallest absolute Gasteiger partial charge is 0.287 e. The molecule has 7 nitrogen and oxygen atoms in total. The summed E-state index contributed by atoms with van der Waals surface area (Å²) in [4.78, 5) is 29.2. The van der Waals surface area contributed by atoms with Gasteiger partial charge >= 0.3 is 0 Å². The molecule has 0 atom stereocenters. The molecule has 0 fully saturated rings. The zero-order chi connectivity index (χ0) is 19.0. The van der Waals surface area contributed by atoms with Crippen LogP contribution in [0, 0.1) is 0 Å². The van der Waals surface area contributed by atoms with Gasteiger partial charge in [0.1, 0.15) is 17.2 Å². The maximum absolute atomic E-state index is 12.5. The fourth-order valence-electron chi connectivity index (χ4n) is 2.97. The van der Waals surface area contributed by atoms with E-state index < -0.39 is 5.91 Å². The van der Waals surface area contributed by atoms with E-state index >= 15 is 0 Å². The van der Waals surface area contributed by atoms with Crippen LogP contribution in [-0.2, 0) is 13.6 Å². The highest BCUT2D eigenvalue weighted by Crippen LogP contribution is 2.19. The third-order valence-electron chi connectivity index (χ3n) is 4.45. The number of methoxy groups -OCH3 is 1. The minimum absolute atomic E-state index is 0.0560. The molecule has 0 aliphatic carbocycles. The first-order valence-electron chi connectivity index (χ1n) is 8.37. The van der Waals surface area contributed by atoms with Crippen molar-refractivity contribution in [3.63, 3.8) is 0 Å². The van der Waals surface area contributed by atoms with E-state index in [0.29, 0.717) is 22.5 Å². The van der Waals surface area contributed by atoms with Crippen molar-refractivity contribution < 1.29 is 13.9 Å². The zero-order valence-electron chi connectivity index (χ0n) is 14.9. The van der Waals surface area contributed by atoms with Crippen LogP contribution in [0.4, 0.5) is 0 Å². The molecule has 2 aromatic carbocycles. The maximum atomic E-state index is 12.5. The third kappa shape index (κ3) is 3.03. The number of nitrogens with zero attached hydrogens (tertiary/aromatic N) is 2. The number of hydrogen-bond donors (Lipinski definition) is 1. The van der Waals surface area contributed by atoms with Gasteiger partial charge in [-0.15, -0.1) is 0 Å². The molecule has 136 valence electrons. The summed E-state index contributed by atoms with van der Waals surface area (Å²) in [7, 11) is 3.41. The standard InChI is InChI=1S/C20H17N3O4/c1-23-15-6-4-3-5-14(15)22-19(23)11-21-20(25)18-10-16(24)13-8-7-12(26-2)9-17(13)27-18/h3-10H,11H2,1-2H3,(H,21,25). The van der Waals surface area contributed by atoms with Gasteiger partial charge in [0.2, 0.25) is 0 Å². The van der Waals surface area contributed by atoms with Crippen LogP contribution >= 0.6 is 0 Å². The van der Waals surface area contributed by atoms with Gasteiger partial charge in [-0.3, -0.25) is 9.59 Å². The second kappa shape index (κ2) is 6.60. The molecule has 1 amide bonds. The van der Waals surface area contributed by atoms with Crippen LogP contribution < -0.4 is 15.5 Å². The van der Waals surface area contributed by atoms with Gasteiger partial charge in [-0.1, -0.05) is 12.1 Å². The number of aryl methyl sites for hydroxylation is 1. The molecule has 4 aromatic rings. The lowest BCUT2D eigenvalue weighted by Crippen LogP contribution is -2.25. The van der Waals surface area contributed by atoms with Crippen molar-refractivity contribution in [2.75, 3.05) is 7.11 Å². The molecule has 0 radical (unpaired) electrons. The zero-order valence-corrected chi connectivity index (χ0v) is 14.9. The molecule has 27 heavy (non-hydrogen) atoms. The predicted molar refractivity (Wildman–Crippen MR) is 101 cm³/mol. The number of para-hydroxylation sites is 2. The SMILES string of the molecule is COc1ccc2c(=O)cc(C(=O)NCc3nc4ccccc4n3C)oc2c1. The molecule has 0 aliphatic rings. The fraction of sp³-hybridized carbons (Fsp3) is 0.150. The van der Waals surface area contributed by atoms with Gasteiger partial charge in [-0.2, -0.15) is 0 Å². The Morgan fingerprint density at radius 3 is 2.81 bits per heavy atom. The van der Waals surface area contributed by atoms with Crippen molar-refractivity contribution in [3.05, 3.63) is 70.3 Å². The number of carbonyl (C=O) groups is 1. The normalized spacial score (nSPS) is 11.0. The van der Waals surface area contributed by atoms with E-state index in [2.05, 4.69) is 10.3 Å². The summed E-state index contributed by atoms with van der Waals surface area (Å²) in [5.74, 6) is 0.709. The minimum Gasteiger partial charge on any atom is -0.497 e. The van der Waals surface area contributed by atoms with Crippen LogP contribution in [0.25, 0.3) is 22.0 Å². The van der Waals surface area contributed by atoms with E-state index in [4.69, 9.17) is 9.15 Å². The van der Waals surface area contributed by atoms with Crippen LogP contribution in [0.3, 0.4) is 0 Å². The number of benzene rings is 2. The summed E-state index contributed by atoms with van der Waals surface area (Å²) in [5.41, 5.74) is 1.85. The number of fused-ring (bicyclic) bond motifs is 2. The Bertz CT molecular complexity index is 1220. The van der Waals surface area contributed by atoms with E-state index in [9.17, 15) is 9.59 Å². The first kappa shape index (κ1) is 16.8. The second-order valence-corrected chi connectivity index (χ2v) is 6.10. The molecular formula is C20H17N3O4. The van der Waals surface area contributed by atoms with E-state index in [1.807, 2.05) is 35.9 Å². The van der Waals surface area contributed by atoms with Gasteiger partial charge in [-0.25, -0.2) is 4.98 Å². The first-order chi connectivity index (χ1) is 13.1. The summed E-state index contributed by atoms with van der Waals surface area (Å²) >= 11 is 0. The number of amides is 1. The minimum atomic E-state index is -0.483. The van der Waals surface area contributed by atoms with Crippen LogP contribution in [0.5, 0.6) is 5.75 Å². The van der Waals surface area contributed by atoms with Crippen molar-refractivity contribution in [2.24, 2.45) is 7.05 Å². The highest BCUT2D eigenvalue weighted by Gasteiger charge is 2.14. The van der Waals surface area contributed by atoms with E-state index in [1.165, 1.54) is 13.2 Å². The van der Waals surface area contributed by atoms with Crippen molar-refractivity contribution in [2.45, 2.75) is 6.54 Å². The van der Waals surface area contributed by atoms with Crippen molar-refractivity contribution in [1.82, 2.24) is 14.9 Å². The monoisotopic (exact) mass is 363 g/mol. The first-order valence-corrected chi connectivity index (χ1v) is 8.37. The largest absolute Gasteiger partial charge is 0.497 e. The van der Waals surface area contributed by atoms with Crippen LogP contribution in [0.1, 0.15) is 16.4 Å². The molecule has 0 saturated heterocycles. The fourth-order valence-corrected chi connectivity index (χ4v) is 2.97. The molecule has 1 N–H and O–H groups in total. The lowest BCUT2D eigenvalue weighted by Gasteiger charge is -2.07. The highest BCUT2D eigenvalue weighted by molar-refractivity contribution is 5.93. The summed E-state index contributed by atoms with van der Waals surface area (Å²) < 4.78 is 12.7. The maximum Gasteiger partial charge on any atom is 0.287 e. The molecule has 0 saturated carbocycles. The van der Waals surface area contributed by atoms with E-state index in [1.54, 1.807) is 18.2 Å². The summed E-state index contributed by atoms with van der Waals surface area (Å²) in [6.07, 6.45) is 0. The van der Waals surface area contributed by atoms with Crippen molar-refractivity contribution in [1.29, 1.82) is 0 Å². The number of imidazole rings is 1. The number of aromatic nitrogens is 2. The number of nitrogens with one attached hydrogen (secondary N) is 1. The Morgan fingerprint density at radius 2 is 2.04 bits per heavy atom. The molecule has 2 aromatic heterocycles. The molecule has 2 heterocycles. The van der Waals surface area contributed by atoms with Gasteiger partial charge in [0.05, 0.1) is 30.1 Å². The molecule has 0 unspecified atom stereocenters. The Hall–Kier alpha value is -3.61. The Labute approximate surface area is 154 Å². The van der Waals surface area contributed by atoms with Crippen molar-refractivity contribution >= 4 is 27.9 Å². The van der Waals surface area contributed by atoms with Crippen LogP contribution in [0.15, 0.2) is 57.7 Å². The van der Waals surface area contributed by atoms with E-state index in [0.717, 1.165) is 11.0 Å². The summed E-state index contributed by atoms with van der Waals surface area (Å²) in [6, 6.07) is 13.8. The molecular weight excluding hydrogens is 346 g/mol. The molecule has 7 heteroatoms. The average Bonchev–Trinajstić information content (AvgIpc) is 3.01. The Balaban J connectivity index is 1.60. The number of ether oxygens (including phenoxy) is 1. The van der Waals surface area contributed by atoms with Crippen LogP contribution in [0.2, 0.25) is 0 Å². The van der Waals surface area contributed by atoms with Crippen molar-refractivity contribution in [3.8, 4) is 5.75 Å². The van der Waals surface area contributed by atoms with Gasteiger partial charge in [0.25, 0.3) is 5.91 Å². The molecule has 0 bridgehead atoms. The summed E-state index contributed by atoms with van der Waals surface area (Å²) in [5, 5.41) is 3.14. The predicted octanol–water partition coefficient (Wildman–Crippen LogP) is 2.62. The second-order valence-electron chi connectivity index (χ2n) is 6.10. The molecule has 0 aliphatic heterocycles. The Morgan fingerprint density at radius 1 is 1.22 bits per heavy atom. The third-order valence-corrected chi connectivity index (χ3v) is 4.45. The van der Waals surface area contributed by atoms with Gasteiger partial charge < -0.3 is 19.0 Å². The quantitative estimate of drug-likeness (QED) is 0.602. The highest BCUT2D eigenvalue weighted by atomic mass is 16.5. The Kier molecular flexibility index (Phi) is 4.12. The van der Waals surface area contributed by atoms with Gasteiger partial charge in [0, 0.05) is 19.2 Å². The van der Waals surface area contributed by atoms with Gasteiger partial charge in [-0.05, 0) is 24.3 Å². The number of rotatable bonds is 4. The molecule has 4 rings (SSSR count). The average molecular weight is 363 g/mol. The molecule has 0 spiro atoms. The number of carbonyl (C=O) groups excluding carboxylic acids is 1. The van der Waals surface area contributed by atoms with Gasteiger partial charge in [0.15, 0.2) is 11.2 Å². The summed E-state index contributed by atoms with van der Waals surface area (Å²) in [6.45, 7) is 0.212. The van der Waals surface area contributed by atoms with E-state index in [-0.39, 0.29) is 17.7 Å². The topological polar surface area (TPSA) is 86.4 Å². The lowest BCUT2D eigenvalue weighted by atomic mass is 10.2.